The van der Waals surface area contributed by atoms with Gasteiger partial charge >= 0.3 is 0 Å². The summed E-state index contributed by atoms with van der Waals surface area (Å²) in [5.74, 6) is 0.445. The molecule has 31 heavy (non-hydrogen) atoms. The third-order valence-corrected chi connectivity index (χ3v) is 6.35. The Kier molecular flexibility index (Phi) is 4.57. The number of halogens is 1. The van der Waals surface area contributed by atoms with Gasteiger partial charge in [-0.3, -0.25) is 14.2 Å². The number of hydrogen-bond acceptors (Lipinski definition) is 5. The molecule has 1 spiro atoms. The summed E-state index contributed by atoms with van der Waals surface area (Å²) < 4.78 is 20.9. The van der Waals surface area contributed by atoms with Gasteiger partial charge in [-0.15, -0.1) is 10.2 Å². The van der Waals surface area contributed by atoms with E-state index in [9.17, 15) is 14.0 Å². The first kappa shape index (κ1) is 19.4. The fourth-order valence-corrected chi connectivity index (χ4v) is 4.62. The van der Waals surface area contributed by atoms with Gasteiger partial charge in [-0.2, -0.15) is 0 Å². The second-order valence-electron chi connectivity index (χ2n) is 8.04. The number of likely N-dealkylation sites (tertiary alicyclic amines) is 1. The molecule has 1 aromatic heterocycles. The predicted molar refractivity (Wildman–Crippen MR) is 111 cm³/mol. The maximum absolute atomic E-state index is 14.1. The third-order valence-electron chi connectivity index (χ3n) is 6.35. The number of benzene rings is 2. The average Bonchev–Trinajstić information content (AvgIpc) is 3.39. The summed E-state index contributed by atoms with van der Waals surface area (Å²) in [6.45, 7) is 1.41. The van der Waals surface area contributed by atoms with Gasteiger partial charge in [0.2, 0.25) is 0 Å². The van der Waals surface area contributed by atoms with Crippen LogP contribution < -0.4 is 10.3 Å². The molecule has 1 saturated heterocycles. The van der Waals surface area contributed by atoms with Gasteiger partial charge in [0.05, 0.1) is 18.1 Å². The van der Waals surface area contributed by atoms with Crippen LogP contribution in [-0.4, -0.2) is 45.8 Å². The summed E-state index contributed by atoms with van der Waals surface area (Å²) in [6.07, 6.45) is 1.37. The van der Waals surface area contributed by atoms with E-state index in [2.05, 4.69) is 10.2 Å². The smallest absolute Gasteiger partial charge is 0.280 e. The number of amides is 1. The van der Waals surface area contributed by atoms with Crippen LogP contribution in [0.4, 0.5) is 4.39 Å². The number of fused-ring (bicyclic) bond motifs is 2. The maximum atomic E-state index is 14.1. The second kappa shape index (κ2) is 7.30. The average molecular weight is 420 g/mol. The lowest BCUT2D eigenvalue weighted by Gasteiger charge is -2.23. The Labute approximate surface area is 178 Å². The molecule has 3 aromatic rings. The highest BCUT2D eigenvalue weighted by atomic mass is 19.1. The van der Waals surface area contributed by atoms with Crippen LogP contribution in [0, 0.1) is 5.82 Å². The number of methoxy groups -OCH3 is 1. The Hall–Kier alpha value is -3.55. The molecule has 0 N–H and O–H groups in total. The topological polar surface area (TPSA) is 77.3 Å². The Morgan fingerprint density at radius 3 is 2.55 bits per heavy atom. The van der Waals surface area contributed by atoms with Crippen molar-refractivity contribution in [1.82, 2.24) is 19.7 Å². The third kappa shape index (κ3) is 3.10. The summed E-state index contributed by atoms with van der Waals surface area (Å²) in [7, 11) is 1.58. The van der Waals surface area contributed by atoms with Crippen molar-refractivity contribution in [3.8, 4) is 17.0 Å². The van der Waals surface area contributed by atoms with E-state index in [4.69, 9.17) is 4.74 Å². The SMILES string of the molecule is COc1ccc(-c2nnc3n(c2=O)CC[C@]32CCN(C(=O)c3ccccc3F)C2)cc1. The van der Waals surface area contributed by atoms with E-state index < -0.39 is 11.2 Å². The molecule has 1 amide bonds. The van der Waals surface area contributed by atoms with E-state index >= 15 is 0 Å². The number of carbonyl (C=O) groups excluding carboxylic acids is 1. The van der Waals surface area contributed by atoms with Crippen molar-refractivity contribution in [2.75, 3.05) is 20.2 Å². The van der Waals surface area contributed by atoms with Gasteiger partial charge in [0.1, 0.15) is 17.4 Å². The lowest BCUT2D eigenvalue weighted by molar-refractivity contribution is 0.0778. The Bertz CT molecular complexity index is 1220. The highest BCUT2D eigenvalue weighted by molar-refractivity contribution is 5.94. The first-order valence-corrected chi connectivity index (χ1v) is 10.2. The number of rotatable bonds is 3. The normalized spacial score (nSPS) is 19.6. The predicted octanol–water partition coefficient (Wildman–Crippen LogP) is 2.64. The molecule has 158 valence electrons. The van der Waals surface area contributed by atoms with Crippen LogP contribution in [0.3, 0.4) is 0 Å². The highest BCUT2D eigenvalue weighted by Gasteiger charge is 2.48. The molecule has 2 aromatic carbocycles. The molecule has 1 fully saturated rings. The fraction of sp³-hybridized carbons (Fsp3) is 0.304. The number of ether oxygens (including phenoxy) is 1. The molecule has 8 heteroatoms. The summed E-state index contributed by atoms with van der Waals surface area (Å²) in [4.78, 5) is 27.6. The zero-order valence-corrected chi connectivity index (χ0v) is 17.0. The number of nitrogens with zero attached hydrogens (tertiary/aromatic N) is 4. The summed E-state index contributed by atoms with van der Waals surface area (Å²) in [6, 6.07) is 13.1. The number of hydrogen-bond donors (Lipinski definition) is 0. The van der Waals surface area contributed by atoms with E-state index in [1.807, 2.05) is 0 Å². The molecule has 7 nitrogen and oxygen atoms in total. The van der Waals surface area contributed by atoms with Crippen molar-refractivity contribution in [3.63, 3.8) is 0 Å². The Morgan fingerprint density at radius 2 is 1.81 bits per heavy atom. The van der Waals surface area contributed by atoms with E-state index in [0.717, 1.165) is 0 Å². The molecule has 5 rings (SSSR count). The molecule has 2 aliphatic heterocycles. The van der Waals surface area contributed by atoms with Crippen LogP contribution >= 0.6 is 0 Å². The molecule has 0 unspecified atom stereocenters. The summed E-state index contributed by atoms with van der Waals surface area (Å²) in [5.41, 5.74) is 0.422. The molecule has 0 saturated carbocycles. The number of carbonyl (C=O) groups is 1. The molecule has 0 bridgehead atoms. The van der Waals surface area contributed by atoms with Gasteiger partial charge in [0, 0.05) is 25.2 Å². The highest BCUT2D eigenvalue weighted by Crippen LogP contribution is 2.41. The fourth-order valence-electron chi connectivity index (χ4n) is 4.62. The van der Waals surface area contributed by atoms with Crippen molar-refractivity contribution in [1.29, 1.82) is 0 Å². The molecular weight excluding hydrogens is 399 g/mol. The zero-order chi connectivity index (χ0) is 21.6. The minimum absolute atomic E-state index is 0.0656. The molecule has 0 radical (unpaired) electrons. The van der Waals surface area contributed by atoms with E-state index in [0.29, 0.717) is 55.3 Å². The lowest BCUT2D eigenvalue weighted by atomic mass is 9.85. The molecule has 0 aliphatic carbocycles. The van der Waals surface area contributed by atoms with Gasteiger partial charge in [-0.1, -0.05) is 12.1 Å². The monoisotopic (exact) mass is 420 g/mol. The van der Waals surface area contributed by atoms with Crippen molar-refractivity contribution in [3.05, 3.63) is 76.1 Å². The van der Waals surface area contributed by atoms with Gasteiger partial charge in [-0.25, -0.2) is 4.39 Å². The Balaban J connectivity index is 1.44. The minimum Gasteiger partial charge on any atom is -0.497 e. The van der Waals surface area contributed by atoms with Crippen molar-refractivity contribution in [2.45, 2.75) is 24.8 Å². The van der Waals surface area contributed by atoms with Crippen LogP contribution in [0.25, 0.3) is 11.3 Å². The van der Waals surface area contributed by atoms with E-state index in [1.165, 1.54) is 12.1 Å². The van der Waals surface area contributed by atoms with Crippen LogP contribution in [0.2, 0.25) is 0 Å². The van der Waals surface area contributed by atoms with Crippen molar-refractivity contribution >= 4 is 5.91 Å². The van der Waals surface area contributed by atoms with Gasteiger partial charge in [0.15, 0.2) is 5.69 Å². The lowest BCUT2D eigenvalue weighted by Crippen LogP contribution is -2.35. The van der Waals surface area contributed by atoms with Crippen LogP contribution in [0.1, 0.15) is 29.0 Å². The van der Waals surface area contributed by atoms with Crippen molar-refractivity contribution in [2.24, 2.45) is 0 Å². The Morgan fingerprint density at radius 1 is 1.06 bits per heavy atom. The molecule has 3 heterocycles. The largest absolute Gasteiger partial charge is 0.497 e. The van der Waals surface area contributed by atoms with Gasteiger partial charge < -0.3 is 9.64 Å². The van der Waals surface area contributed by atoms with Crippen molar-refractivity contribution < 1.29 is 13.9 Å². The van der Waals surface area contributed by atoms with E-state index in [-0.39, 0.29) is 17.0 Å². The van der Waals surface area contributed by atoms with E-state index in [1.54, 1.807) is 53.0 Å². The van der Waals surface area contributed by atoms with Gasteiger partial charge in [-0.05, 0) is 49.2 Å². The summed E-state index contributed by atoms with van der Waals surface area (Å²) in [5, 5.41) is 8.68. The standard InChI is InChI=1S/C23H21FN4O3/c1-31-16-8-6-15(7-9-16)19-21(30)28-13-11-23(22(28)26-25-19)10-12-27(14-23)20(29)17-4-2-3-5-18(17)24/h2-9H,10-14H2,1H3/t23-/m0/s1. The zero-order valence-electron chi connectivity index (χ0n) is 17.0. The van der Waals surface area contributed by atoms with Crippen LogP contribution in [0.5, 0.6) is 5.75 Å². The first-order chi connectivity index (χ1) is 15.0. The maximum Gasteiger partial charge on any atom is 0.280 e. The van der Waals surface area contributed by atoms with Crippen LogP contribution in [-0.2, 0) is 12.0 Å². The summed E-state index contributed by atoms with van der Waals surface area (Å²) >= 11 is 0. The first-order valence-electron chi connectivity index (χ1n) is 10.2. The molecule has 1 atom stereocenters. The number of aromatic nitrogens is 3. The van der Waals surface area contributed by atoms with Gasteiger partial charge in [0.25, 0.3) is 11.5 Å². The quantitative estimate of drug-likeness (QED) is 0.651. The molecule has 2 aliphatic rings. The minimum atomic E-state index is -0.527. The molecular formula is C23H21FN4O3. The second-order valence-corrected chi connectivity index (χ2v) is 8.04. The van der Waals surface area contributed by atoms with Crippen LogP contribution in [0.15, 0.2) is 53.3 Å².